The van der Waals surface area contributed by atoms with Gasteiger partial charge in [0.25, 0.3) is 0 Å². The van der Waals surface area contributed by atoms with Crippen LogP contribution in [-0.2, 0) is 17.6 Å². The number of para-hydroxylation sites is 2. The first-order chi connectivity index (χ1) is 13.3. The van der Waals surface area contributed by atoms with Crippen molar-refractivity contribution in [3.63, 3.8) is 0 Å². The van der Waals surface area contributed by atoms with Crippen LogP contribution in [-0.4, -0.2) is 24.0 Å². The Morgan fingerprint density at radius 1 is 1.19 bits per heavy atom. The van der Waals surface area contributed by atoms with Gasteiger partial charge in [0.2, 0.25) is 5.91 Å². The van der Waals surface area contributed by atoms with Crippen molar-refractivity contribution in [3.05, 3.63) is 65.2 Å². The third-order valence-electron chi connectivity index (χ3n) is 4.71. The third kappa shape index (κ3) is 3.74. The molecule has 2 heterocycles. The summed E-state index contributed by atoms with van der Waals surface area (Å²) in [6.45, 7) is 3.36. The van der Waals surface area contributed by atoms with E-state index in [4.69, 9.17) is 9.72 Å². The summed E-state index contributed by atoms with van der Waals surface area (Å²) in [5, 5.41) is 2.87. The van der Waals surface area contributed by atoms with Crippen molar-refractivity contribution in [1.29, 1.82) is 0 Å². The van der Waals surface area contributed by atoms with E-state index in [2.05, 4.69) is 6.07 Å². The summed E-state index contributed by atoms with van der Waals surface area (Å²) in [5.74, 6) is 0.939. The highest BCUT2D eigenvalue weighted by molar-refractivity contribution is 7.13. The van der Waals surface area contributed by atoms with Gasteiger partial charge in [0.1, 0.15) is 10.8 Å². The van der Waals surface area contributed by atoms with Crippen molar-refractivity contribution >= 4 is 22.9 Å². The van der Waals surface area contributed by atoms with E-state index in [9.17, 15) is 4.79 Å². The summed E-state index contributed by atoms with van der Waals surface area (Å²) in [4.78, 5) is 19.5. The highest BCUT2D eigenvalue weighted by atomic mass is 32.1. The number of nitrogens with zero attached hydrogens (tertiary/aromatic N) is 2. The standard InChI is InChI=1S/C22H22N2O2S/c1-2-26-20-12-6-4-10-18(20)22-23-17(15-27-22)14-21(25)24-13-7-9-16-8-3-5-11-19(16)24/h3-6,8,10-12,15H,2,7,9,13-14H2,1H3. The number of anilines is 1. The van der Waals surface area contributed by atoms with Gasteiger partial charge in [0.05, 0.1) is 24.3 Å². The van der Waals surface area contributed by atoms with E-state index in [0.717, 1.165) is 47.1 Å². The van der Waals surface area contributed by atoms with E-state index in [1.807, 2.05) is 59.7 Å². The monoisotopic (exact) mass is 378 g/mol. The van der Waals surface area contributed by atoms with Gasteiger partial charge in [-0.3, -0.25) is 4.79 Å². The summed E-state index contributed by atoms with van der Waals surface area (Å²) >= 11 is 1.56. The van der Waals surface area contributed by atoms with E-state index in [0.29, 0.717) is 13.0 Å². The van der Waals surface area contributed by atoms with Crippen LogP contribution in [0.5, 0.6) is 5.75 Å². The van der Waals surface area contributed by atoms with Crippen LogP contribution in [0.1, 0.15) is 24.6 Å². The van der Waals surface area contributed by atoms with Crippen LogP contribution in [0.3, 0.4) is 0 Å². The number of hydrogen-bond donors (Lipinski definition) is 0. The summed E-state index contributed by atoms with van der Waals surface area (Å²) in [7, 11) is 0. The zero-order valence-electron chi connectivity index (χ0n) is 15.4. The molecule has 0 fully saturated rings. The highest BCUT2D eigenvalue weighted by Crippen LogP contribution is 2.33. The number of aromatic nitrogens is 1. The molecule has 138 valence electrons. The second kappa shape index (κ2) is 7.92. The first kappa shape index (κ1) is 17.7. The molecule has 1 aliphatic heterocycles. The average molecular weight is 378 g/mol. The molecule has 0 unspecified atom stereocenters. The lowest BCUT2D eigenvalue weighted by Gasteiger charge is -2.29. The molecule has 0 saturated carbocycles. The van der Waals surface area contributed by atoms with Gasteiger partial charge in [-0.15, -0.1) is 11.3 Å². The molecule has 0 aliphatic carbocycles. The first-order valence-corrected chi connectivity index (χ1v) is 10.2. The minimum absolute atomic E-state index is 0.108. The second-order valence-electron chi connectivity index (χ2n) is 6.53. The fourth-order valence-corrected chi connectivity index (χ4v) is 4.33. The minimum Gasteiger partial charge on any atom is -0.493 e. The van der Waals surface area contributed by atoms with E-state index in [1.165, 1.54) is 5.56 Å². The molecule has 5 heteroatoms. The maximum Gasteiger partial charge on any atom is 0.233 e. The molecule has 1 amide bonds. The van der Waals surface area contributed by atoms with Gasteiger partial charge in [-0.25, -0.2) is 4.98 Å². The Bertz CT molecular complexity index is 951. The SMILES string of the molecule is CCOc1ccccc1-c1nc(CC(=O)N2CCCc3ccccc32)cs1. The van der Waals surface area contributed by atoms with Crippen molar-refractivity contribution in [3.8, 4) is 16.3 Å². The predicted octanol–water partition coefficient (Wildman–Crippen LogP) is 4.73. The number of thiazole rings is 1. The topological polar surface area (TPSA) is 42.4 Å². The molecule has 4 nitrogen and oxygen atoms in total. The molecule has 3 aromatic rings. The van der Waals surface area contributed by atoms with Crippen LogP contribution < -0.4 is 9.64 Å². The van der Waals surface area contributed by atoms with Gasteiger partial charge in [-0.05, 0) is 43.5 Å². The van der Waals surface area contributed by atoms with E-state index in [1.54, 1.807) is 11.3 Å². The lowest BCUT2D eigenvalue weighted by Crippen LogP contribution is -2.36. The van der Waals surface area contributed by atoms with Gasteiger partial charge in [0.15, 0.2) is 0 Å². The van der Waals surface area contributed by atoms with Gasteiger partial charge < -0.3 is 9.64 Å². The Labute approximate surface area is 163 Å². The molecule has 0 spiro atoms. The van der Waals surface area contributed by atoms with Gasteiger partial charge in [-0.1, -0.05) is 30.3 Å². The number of carbonyl (C=O) groups is 1. The van der Waals surface area contributed by atoms with Gasteiger partial charge in [0, 0.05) is 17.6 Å². The molecule has 0 N–H and O–H groups in total. The largest absolute Gasteiger partial charge is 0.493 e. The number of hydrogen-bond acceptors (Lipinski definition) is 4. The lowest BCUT2D eigenvalue weighted by molar-refractivity contribution is -0.118. The van der Waals surface area contributed by atoms with Crippen molar-refractivity contribution in [2.24, 2.45) is 0 Å². The number of carbonyl (C=O) groups excluding carboxylic acids is 1. The molecular formula is C22H22N2O2S. The Morgan fingerprint density at radius 2 is 2.00 bits per heavy atom. The molecule has 2 aromatic carbocycles. The molecule has 4 rings (SSSR count). The van der Waals surface area contributed by atoms with E-state index < -0.39 is 0 Å². The van der Waals surface area contributed by atoms with Crippen LogP contribution in [0, 0.1) is 0 Å². The third-order valence-corrected chi connectivity index (χ3v) is 5.64. The van der Waals surface area contributed by atoms with Crippen LogP contribution >= 0.6 is 11.3 Å². The average Bonchev–Trinajstić information content (AvgIpc) is 3.16. The summed E-state index contributed by atoms with van der Waals surface area (Å²) in [5.41, 5.74) is 4.09. The summed E-state index contributed by atoms with van der Waals surface area (Å²) in [6.07, 6.45) is 2.36. The Balaban J connectivity index is 1.53. The number of aryl methyl sites for hydroxylation is 1. The fraction of sp³-hybridized carbons (Fsp3) is 0.273. The van der Waals surface area contributed by atoms with Crippen LogP contribution in [0.15, 0.2) is 53.9 Å². The van der Waals surface area contributed by atoms with Gasteiger partial charge in [-0.2, -0.15) is 0 Å². The normalized spacial score (nSPS) is 13.3. The van der Waals surface area contributed by atoms with Crippen molar-refractivity contribution in [2.75, 3.05) is 18.1 Å². The molecule has 0 bridgehead atoms. The van der Waals surface area contributed by atoms with Crippen molar-refractivity contribution in [2.45, 2.75) is 26.2 Å². The molecule has 0 saturated heterocycles. The van der Waals surface area contributed by atoms with E-state index >= 15 is 0 Å². The van der Waals surface area contributed by atoms with Crippen molar-refractivity contribution in [1.82, 2.24) is 4.98 Å². The Hall–Kier alpha value is -2.66. The Morgan fingerprint density at radius 3 is 2.89 bits per heavy atom. The maximum absolute atomic E-state index is 12.9. The number of amides is 1. The highest BCUT2D eigenvalue weighted by Gasteiger charge is 2.23. The molecule has 1 aliphatic rings. The second-order valence-corrected chi connectivity index (χ2v) is 7.39. The maximum atomic E-state index is 12.9. The first-order valence-electron chi connectivity index (χ1n) is 9.31. The van der Waals surface area contributed by atoms with Gasteiger partial charge >= 0.3 is 0 Å². The van der Waals surface area contributed by atoms with E-state index in [-0.39, 0.29) is 5.91 Å². The number of rotatable bonds is 5. The van der Waals surface area contributed by atoms with Crippen LogP contribution in [0.25, 0.3) is 10.6 Å². The quantitative estimate of drug-likeness (QED) is 0.644. The van der Waals surface area contributed by atoms with Crippen molar-refractivity contribution < 1.29 is 9.53 Å². The molecule has 1 aromatic heterocycles. The minimum atomic E-state index is 0.108. The molecule has 27 heavy (non-hydrogen) atoms. The molecular weight excluding hydrogens is 356 g/mol. The number of benzene rings is 2. The summed E-state index contributed by atoms with van der Waals surface area (Å²) in [6, 6.07) is 16.1. The molecule has 0 radical (unpaired) electrons. The number of ether oxygens (including phenoxy) is 1. The van der Waals surface area contributed by atoms with Crippen LogP contribution in [0.4, 0.5) is 5.69 Å². The fourth-order valence-electron chi connectivity index (χ4n) is 3.48. The summed E-state index contributed by atoms with van der Waals surface area (Å²) < 4.78 is 5.71. The number of fused-ring (bicyclic) bond motifs is 1. The lowest BCUT2D eigenvalue weighted by atomic mass is 10.0. The zero-order chi connectivity index (χ0) is 18.6. The zero-order valence-corrected chi connectivity index (χ0v) is 16.2. The smallest absolute Gasteiger partial charge is 0.233 e. The predicted molar refractivity (Wildman–Crippen MR) is 110 cm³/mol. The van der Waals surface area contributed by atoms with Crippen LogP contribution in [0.2, 0.25) is 0 Å². The Kier molecular flexibility index (Phi) is 5.21. The molecule has 0 atom stereocenters.